The molecule has 2 heterocycles. The minimum atomic E-state index is -0.118. The van der Waals surface area contributed by atoms with E-state index in [2.05, 4.69) is 41.1 Å². The van der Waals surface area contributed by atoms with Crippen LogP contribution in [0.1, 0.15) is 0 Å². The van der Waals surface area contributed by atoms with Gasteiger partial charge in [0.1, 0.15) is 0 Å². The second kappa shape index (κ2) is 4.07. The molecule has 2 aromatic heterocycles. The molecule has 0 aromatic carbocycles. The quantitative estimate of drug-likeness (QED) is 0.474. The number of pyridine rings is 1. The highest BCUT2D eigenvalue weighted by atomic mass is 79.9. The SMILES string of the molecule is [N-]=[N+]=Nc1nnc(-c2cncc(Br)c2)o1. The van der Waals surface area contributed by atoms with Crippen molar-refractivity contribution < 1.29 is 4.42 Å². The molecule has 0 amide bonds. The van der Waals surface area contributed by atoms with Crippen molar-refractivity contribution >= 4 is 21.9 Å². The van der Waals surface area contributed by atoms with Crippen LogP contribution in [0.5, 0.6) is 0 Å². The van der Waals surface area contributed by atoms with Gasteiger partial charge in [-0.05, 0) is 27.5 Å². The molecule has 0 atom stereocenters. The molecule has 0 aliphatic heterocycles. The van der Waals surface area contributed by atoms with E-state index in [-0.39, 0.29) is 11.9 Å². The molecular formula is C7H3BrN6O. The first-order valence-corrected chi connectivity index (χ1v) is 4.58. The van der Waals surface area contributed by atoms with Gasteiger partial charge in [0.25, 0.3) is 0 Å². The Balaban J connectivity index is 2.41. The van der Waals surface area contributed by atoms with E-state index in [0.29, 0.717) is 5.56 Å². The summed E-state index contributed by atoms with van der Waals surface area (Å²) >= 11 is 3.26. The zero-order valence-electron chi connectivity index (χ0n) is 7.20. The highest BCUT2D eigenvalue weighted by molar-refractivity contribution is 9.10. The molecule has 0 spiro atoms. The van der Waals surface area contributed by atoms with E-state index < -0.39 is 0 Å². The molecule has 0 fully saturated rings. The van der Waals surface area contributed by atoms with Gasteiger partial charge in [-0.3, -0.25) is 4.98 Å². The molecule has 74 valence electrons. The zero-order chi connectivity index (χ0) is 10.7. The van der Waals surface area contributed by atoms with Crippen molar-refractivity contribution in [2.45, 2.75) is 0 Å². The van der Waals surface area contributed by atoms with Crippen molar-refractivity contribution in [1.29, 1.82) is 0 Å². The lowest BCUT2D eigenvalue weighted by molar-refractivity contribution is 0.578. The molecule has 15 heavy (non-hydrogen) atoms. The average molecular weight is 267 g/mol. The topological polar surface area (TPSA) is 101 Å². The van der Waals surface area contributed by atoms with Crippen LogP contribution < -0.4 is 0 Å². The van der Waals surface area contributed by atoms with E-state index in [1.165, 1.54) is 0 Å². The molecule has 2 aromatic rings. The van der Waals surface area contributed by atoms with Crippen molar-refractivity contribution in [1.82, 2.24) is 15.2 Å². The fraction of sp³-hybridized carbons (Fsp3) is 0. The summed E-state index contributed by atoms with van der Waals surface area (Å²) in [4.78, 5) is 6.47. The Morgan fingerprint density at radius 2 is 2.27 bits per heavy atom. The number of aromatic nitrogens is 3. The Bertz CT molecular complexity index is 532. The van der Waals surface area contributed by atoms with Crippen LogP contribution in [0.25, 0.3) is 21.9 Å². The maximum Gasteiger partial charge on any atom is 0.304 e. The van der Waals surface area contributed by atoms with Crippen LogP contribution in [0.4, 0.5) is 6.01 Å². The lowest BCUT2D eigenvalue weighted by Gasteiger charge is -1.93. The second-order valence-corrected chi connectivity index (χ2v) is 3.39. The predicted molar refractivity (Wildman–Crippen MR) is 54.0 cm³/mol. The van der Waals surface area contributed by atoms with Gasteiger partial charge in [-0.25, -0.2) is 0 Å². The molecule has 7 nitrogen and oxygen atoms in total. The first-order valence-electron chi connectivity index (χ1n) is 3.79. The summed E-state index contributed by atoms with van der Waals surface area (Å²) in [5, 5.41) is 10.4. The molecule has 0 aliphatic carbocycles. The van der Waals surface area contributed by atoms with Gasteiger partial charge < -0.3 is 4.42 Å². The summed E-state index contributed by atoms with van der Waals surface area (Å²) in [5.41, 5.74) is 8.80. The Labute approximate surface area is 91.9 Å². The van der Waals surface area contributed by atoms with Gasteiger partial charge in [0.05, 0.1) is 5.56 Å². The minimum absolute atomic E-state index is 0.118. The Morgan fingerprint density at radius 1 is 1.40 bits per heavy atom. The lowest BCUT2D eigenvalue weighted by Crippen LogP contribution is -1.79. The van der Waals surface area contributed by atoms with Crippen molar-refractivity contribution in [3.63, 3.8) is 0 Å². The Kier molecular flexibility index (Phi) is 2.61. The summed E-state index contributed by atoms with van der Waals surface area (Å²) in [7, 11) is 0. The van der Waals surface area contributed by atoms with Crippen LogP contribution in [-0.2, 0) is 0 Å². The lowest BCUT2D eigenvalue weighted by atomic mass is 10.3. The summed E-state index contributed by atoms with van der Waals surface area (Å²) in [6, 6.07) is 1.65. The van der Waals surface area contributed by atoms with Crippen molar-refractivity contribution in [3.8, 4) is 11.5 Å². The largest absolute Gasteiger partial charge is 0.415 e. The van der Waals surface area contributed by atoms with E-state index in [9.17, 15) is 0 Å². The van der Waals surface area contributed by atoms with Crippen LogP contribution in [0.3, 0.4) is 0 Å². The second-order valence-electron chi connectivity index (χ2n) is 2.47. The third-order valence-electron chi connectivity index (χ3n) is 1.50. The van der Waals surface area contributed by atoms with E-state index in [1.807, 2.05) is 0 Å². The first kappa shape index (κ1) is 9.63. The van der Waals surface area contributed by atoms with Gasteiger partial charge in [-0.15, -0.1) is 10.2 Å². The van der Waals surface area contributed by atoms with Crippen molar-refractivity contribution in [2.75, 3.05) is 0 Å². The Hall–Kier alpha value is -1.92. The summed E-state index contributed by atoms with van der Waals surface area (Å²) < 4.78 is 5.86. The Morgan fingerprint density at radius 3 is 3.00 bits per heavy atom. The molecule has 0 N–H and O–H groups in total. The van der Waals surface area contributed by atoms with Crippen LogP contribution in [0.15, 0.2) is 32.5 Å². The summed E-state index contributed by atoms with van der Waals surface area (Å²) in [5.74, 6) is 0.256. The standard InChI is InChI=1S/C7H3BrN6O/c8-5-1-4(2-10-3-5)6-11-12-7(15-6)13-14-9/h1-3H. The van der Waals surface area contributed by atoms with Crippen molar-refractivity contribution in [2.24, 2.45) is 5.11 Å². The molecule has 0 unspecified atom stereocenters. The molecule has 8 heteroatoms. The normalized spacial score (nSPS) is 9.67. The number of hydrogen-bond acceptors (Lipinski definition) is 5. The zero-order valence-corrected chi connectivity index (χ0v) is 8.79. The van der Waals surface area contributed by atoms with E-state index in [1.54, 1.807) is 18.5 Å². The fourth-order valence-corrected chi connectivity index (χ4v) is 1.30. The summed E-state index contributed by atoms with van der Waals surface area (Å²) in [6.45, 7) is 0. The highest BCUT2D eigenvalue weighted by Crippen LogP contribution is 2.22. The molecule has 0 bridgehead atoms. The molecular weight excluding hydrogens is 264 g/mol. The number of rotatable bonds is 2. The van der Waals surface area contributed by atoms with Gasteiger partial charge in [0, 0.05) is 26.9 Å². The molecule has 0 saturated heterocycles. The average Bonchev–Trinajstić information content (AvgIpc) is 2.67. The number of azide groups is 1. The number of hydrogen-bond donors (Lipinski definition) is 0. The van der Waals surface area contributed by atoms with Gasteiger partial charge >= 0.3 is 6.01 Å². The highest BCUT2D eigenvalue weighted by Gasteiger charge is 2.07. The van der Waals surface area contributed by atoms with Crippen LogP contribution in [0, 0.1) is 0 Å². The van der Waals surface area contributed by atoms with E-state index in [0.717, 1.165) is 4.47 Å². The molecule has 0 radical (unpaired) electrons. The van der Waals surface area contributed by atoms with Gasteiger partial charge in [0.2, 0.25) is 5.89 Å². The van der Waals surface area contributed by atoms with Gasteiger partial charge in [0.15, 0.2) is 0 Å². The maximum atomic E-state index is 8.15. The molecule has 0 saturated carbocycles. The first-order chi connectivity index (χ1) is 7.29. The van der Waals surface area contributed by atoms with Crippen LogP contribution >= 0.6 is 15.9 Å². The van der Waals surface area contributed by atoms with E-state index >= 15 is 0 Å². The predicted octanol–water partition coefficient (Wildman–Crippen LogP) is 2.84. The third kappa shape index (κ3) is 2.12. The van der Waals surface area contributed by atoms with Crippen molar-refractivity contribution in [3.05, 3.63) is 33.4 Å². The van der Waals surface area contributed by atoms with Gasteiger partial charge in [-0.2, -0.15) is 0 Å². The monoisotopic (exact) mass is 266 g/mol. The fourth-order valence-electron chi connectivity index (χ4n) is 0.940. The van der Waals surface area contributed by atoms with Crippen LogP contribution in [0.2, 0.25) is 0 Å². The van der Waals surface area contributed by atoms with E-state index in [4.69, 9.17) is 9.95 Å². The smallest absolute Gasteiger partial charge is 0.304 e. The third-order valence-corrected chi connectivity index (χ3v) is 1.93. The summed E-state index contributed by atoms with van der Waals surface area (Å²) in [6.07, 6.45) is 3.20. The molecule has 0 aliphatic rings. The minimum Gasteiger partial charge on any atom is -0.415 e. The van der Waals surface area contributed by atoms with Gasteiger partial charge in [-0.1, -0.05) is 0 Å². The number of nitrogens with zero attached hydrogens (tertiary/aromatic N) is 6. The number of halogens is 1. The van der Waals surface area contributed by atoms with Crippen LogP contribution in [-0.4, -0.2) is 15.2 Å². The molecule has 2 rings (SSSR count). The maximum absolute atomic E-state index is 8.15.